The van der Waals surface area contributed by atoms with Crippen LogP contribution in [0.25, 0.3) is 0 Å². The molecule has 3 atom stereocenters. The Morgan fingerprint density at radius 2 is 1.95 bits per heavy atom. The van der Waals surface area contributed by atoms with Gasteiger partial charge >= 0.3 is 6.03 Å². The Hall–Kier alpha value is -1.34. The molecular formula is C15H29N3O4. The minimum atomic E-state index is -0.250. The Labute approximate surface area is 132 Å². The standard InChI is InChI=1S/C14H27N3O2.CH2O2/c1-9(2)13-7-17-6-11(5-12(17)8-19-13)16-14(18)15-10(3)4;2-1-3/h9-13H,5-8H2,1-4H3,(H2,15,16,18);1H,(H,2,3)/t11-,12+,13-;/m1./s1. The largest absolute Gasteiger partial charge is 0.483 e. The van der Waals surface area contributed by atoms with Crippen molar-refractivity contribution in [2.75, 3.05) is 19.7 Å². The molecule has 2 aliphatic heterocycles. The number of nitrogens with one attached hydrogen (secondary N) is 2. The highest BCUT2D eigenvalue weighted by Crippen LogP contribution is 2.25. The molecule has 22 heavy (non-hydrogen) atoms. The highest BCUT2D eigenvalue weighted by atomic mass is 16.5. The molecule has 0 aromatic rings. The summed E-state index contributed by atoms with van der Waals surface area (Å²) in [6.45, 7) is 10.8. The third kappa shape index (κ3) is 5.81. The summed E-state index contributed by atoms with van der Waals surface area (Å²) in [6, 6.07) is 0.844. The molecule has 0 saturated carbocycles. The molecule has 0 aromatic carbocycles. The molecule has 7 heteroatoms. The van der Waals surface area contributed by atoms with Crippen LogP contribution in [0.15, 0.2) is 0 Å². The second-order valence-corrected chi connectivity index (χ2v) is 6.53. The number of carbonyl (C=O) groups is 2. The van der Waals surface area contributed by atoms with E-state index in [-0.39, 0.29) is 24.6 Å². The molecule has 2 amide bonds. The van der Waals surface area contributed by atoms with Gasteiger partial charge in [-0.3, -0.25) is 9.69 Å². The second kappa shape index (κ2) is 8.95. The summed E-state index contributed by atoms with van der Waals surface area (Å²) in [5.74, 6) is 0.553. The Balaban J connectivity index is 0.000000745. The molecule has 0 aromatic heterocycles. The number of rotatable bonds is 3. The minimum Gasteiger partial charge on any atom is -0.483 e. The van der Waals surface area contributed by atoms with Crippen molar-refractivity contribution in [3.63, 3.8) is 0 Å². The van der Waals surface area contributed by atoms with Crippen LogP contribution in [-0.2, 0) is 9.53 Å². The maximum atomic E-state index is 11.7. The van der Waals surface area contributed by atoms with E-state index in [9.17, 15) is 4.79 Å². The van der Waals surface area contributed by atoms with Gasteiger partial charge in [-0.1, -0.05) is 13.8 Å². The molecule has 128 valence electrons. The van der Waals surface area contributed by atoms with Gasteiger partial charge in [0.25, 0.3) is 6.47 Å². The molecular weight excluding hydrogens is 286 g/mol. The quantitative estimate of drug-likeness (QED) is 0.673. The number of amides is 2. The third-order valence-corrected chi connectivity index (χ3v) is 3.94. The highest BCUT2D eigenvalue weighted by Gasteiger charge is 2.38. The summed E-state index contributed by atoms with van der Waals surface area (Å²) in [6.07, 6.45) is 1.33. The first-order valence-corrected chi connectivity index (χ1v) is 7.87. The fourth-order valence-corrected chi connectivity index (χ4v) is 2.90. The SMILES string of the molecule is CC(C)NC(=O)N[C@@H]1C[C@H]2CO[C@@H](C(C)C)CN2C1.O=CO. The molecule has 3 N–H and O–H groups in total. The molecule has 7 nitrogen and oxygen atoms in total. The van der Waals surface area contributed by atoms with E-state index in [1.807, 2.05) is 13.8 Å². The van der Waals surface area contributed by atoms with E-state index >= 15 is 0 Å². The summed E-state index contributed by atoms with van der Waals surface area (Å²) in [5.41, 5.74) is 0. The van der Waals surface area contributed by atoms with E-state index in [0.717, 1.165) is 26.1 Å². The fraction of sp³-hybridized carbons (Fsp3) is 0.867. The van der Waals surface area contributed by atoms with Crippen LogP contribution in [0, 0.1) is 5.92 Å². The van der Waals surface area contributed by atoms with Crippen molar-refractivity contribution < 1.29 is 19.4 Å². The van der Waals surface area contributed by atoms with Crippen LogP contribution in [0.3, 0.4) is 0 Å². The van der Waals surface area contributed by atoms with Gasteiger partial charge in [0.05, 0.1) is 12.7 Å². The summed E-state index contributed by atoms with van der Waals surface area (Å²) >= 11 is 0. The van der Waals surface area contributed by atoms with Crippen molar-refractivity contribution in [3.05, 3.63) is 0 Å². The van der Waals surface area contributed by atoms with Gasteiger partial charge in [0.1, 0.15) is 0 Å². The lowest BCUT2D eigenvalue weighted by Gasteiger charge is -2.36. The average molecular weight is 315 g/mol. The molecule has 0 spiro atoms. The van der Waals surface area contributed by atoms with Gasteiger partial charge in [-0.25, -0.2) is 4.79 Å². The molecule has 2 fully saturated rings. The normalized spacial score (nSPS) is 27.8. The Bertz CT molecular complexity index is 363. The zero-order chi connectivity index (χ0) is 16.7. The van der Waals surface area contributed by atoms with Gasteiger partial charge in [0.15, 0.2) is 0 Å². The Morgan fingerprint density at radius 3 is 2.50 bits per heavy atom. The smallest absolute Gasteiger partial charge is 0.315 e. The van der Waals surface area contributed by atoms with Gasteiger partial charge in [-0.15, -0.1) is 0 Å². The first-order chi connectivity index (χ1) is 10.4. The molecule has 0 bridgehead atoms. The summed E-state index contributed by atoms with van der Waals surface area (Å²) < 4.78 is 5.90. The van der Waals surface area contributed by atoms with Gasteiger partial charge in [-0.05, 0) is 26.2 Å². The van der Waals surface area contributed by atoms with Crippen LogP contribution in [0.4, 0.5) is 4.79 Å². The molecule has 2 rings (SSSR count). The first-order valence-electron chi connectivity index (χ1n) is 7.87. The first kappa shape index (κ1) is 18.7. The lowest BCUT2D eigenvalue weighted by Crippen LogP contribution is -2.48. The number of hydrogen-bond donors (Lipinski definition) is 3. The number of fused-ring (bicyclic) bond motifs is 1. The fourth-order valence-electron chi connectivity index (χ4n) is 2.90. The number of hydrogen-bond acceptors (Lipinski definition) is 4. The number of nitrogens with zero attached hydrogens (tertiary/aromatic N) is 1. The molecule has 2 heterocycles. The van der Waals surface area contributed by atoms with E-state index in [1.54, 1.807) is 0 Å². The van der Waals surface area contributed by atoms with E-state index in [2.05, 4.69) is 29.4 Å². The zero-order valence-corrected chi connectivity index (χ0v) is 13.9. The monoisotopic (exact) mass is 315 g/mol. The van der Waals surface area contributed by atoms with Crippen LogP contribution in [0.5, 0.6) is 0 Å². The Kier molecular flexibility index (Phi) is 7.61. The molecule has 0 unspecified atom stereocenters. The van der Waals surface area contributed by atoms with Crippen LogP contribution in [0.1, 0.15) is 34.1 Å². The van der Waals surface area contributed by atoms with Gasteiger partial charge < -0.3 is 20.5 Å². The molecule has 0 radical (unpaired) electrons. The maximum Gasteiger partial charge on any atom is 0.315 e. The third-order valence-electron chi connectivity index (χ3n) is 3.94. The maximum absolute atomic E-state index is 11.7. The van der Waals surface area contributed by atoms with Crippen LogP contribution in [-0.4, -0.2) is 66.4 Å². The summed E-state index contributed by atoms with van der Waals surface area (Å²) in [7, 11) is 0. The lowest BCUT2D eigenvalue weighted by molar-refractivity contribution is -0.122. The van der Waals surface area contributed by atoms with Crippen molar-refractivity contribution in [2.45, 2.75) is 58.3 Å². The number of ether oxygens (including phenoxy) is 1. The van der Waals surface area contributed by atoms with Gasteiger partial charge in [0, 0.05) is 31.2 Å². The van der Waals surface area contributed by atoms with Crippen LogP contribution >= 0.6 is 0 Å². The van der Waals surface area contributed by atoms with Gasteiger partial charge in [0.2, 0.25) is 0 Å². The van der Waals surface area contributed by atoms with Crippen molar-refractivity contribution in [3.8, 4) is 0 Å². The van der Waals surface area contributed by atoms with Crippen molar-refractivity contribution in [1.29, 1.82) is 0 Å². The second-order valence-electron chi connectivity index (χ2n) is 6.53. The van der Waals surface area contributed by atoms with E-state index in [1.165, 1.54) is 0 Å². The predicted octanol–water partition coefficient (Wildman–Crippen LogP) is 0.893. The predicted molar refractivity (Wildman–Crippen MR) is 83.8 cm³/mol. The van der Waals surface area contributed by atoms with E-state index in [0.29, 0.717) is 18.1 Å². The number of urea groups is 1. The topological polar surface area (TPSA) is 90.9 Å². The van der Waals surface area contributed by atoms with Crippen LogP contribution < -0.4 is 10.6 Å². The number of morpholine rings is 1. The highest BCUT2D eigenvalue weighted by molar-refractivity contribution is 5.74. The number of carboxylic acid groups (broad SMARTS) is 1. The number of carbonyl (C=O) groups excluding carboxylic acids is 1. The molecule has 0 aliphatic carbocycles. The van der Waals surface area contributed by atoms with E-state index < -0.39 is 0 Å². The summed E-state index contributed by atoms with van der Waals surface area (Å²) in [4.78, 5) is 22.5. The van der Waals surface area contributed by atoms with Crippen molar-refractivity contribution >= 4 is 12.5 Å². The summed E-state index contributed by atoms with van der Waals surface area (Å²) in [5, 5.41) is 12.8. The molecule has 2 aliphatic rings. The molecule has 2 saturated heterocycles. The van der Waals surface area contributed by atoms with Crippen molar-refractivity contribution in [1.82, 2.24) is 15.5 Å². The lowest BCUT2D eigenvalue weighted by atomic mass is 10.0. The zero-order valence-electron chi connectivity index (χ0n) is 13.9. The van der Waals surface area contributed by atoms with Gasteiger partial charge in [-0.2, -0.15) is 0 Å². The van der Waals surface area contributed by atoms with Crippen molar-refractivity contribution in [2.24, 2.45) is 5.92 Å². The van der Waals surface area contributed by atoms with Crippen LogP contribution in [0.2, 0.25) is 0 Å². The van der Waals surface area contributed by atoms with E-state index in [4.69, 9.17) is 14.6 Å². The Morgan fingerprint density at radius 1 is 1.32 bits per heavy atom. The average Bonchev–Trinajstić information content (AvgIpc) is 2.79. The minimum absolute atomic E-state index is 0.0545.